The molecule has 106 valence electrons. The Labute approximate surface area is 117 Å². The van der Waals surface area contributed by atoms with Crippen LogP contribution in [-0.2, 0) is 0 Å². The van der Waals surface area contributed by atoms with Crippen LogP contribution in [0.4, 0.5) is 0 Å². The molecule has 0 aliphatic heterocycles. The molecule has 1 aromatic carbocycles. The molecule has 0 saturated heterocycles. The maximum Gasteiger partial charge on any atom is 0.124 e. The van der Waals surface area contributed by atoms with Crippen molar-refractivity contribution in [1.82, 2.24) is 5.32 Å². The first-order valence-corrected chi connectivity index (χ1v) is 7.80. The fourth-order valence-electron chi connectivity index (χ4n) is 2.43. The van der Waals surface area contributed by atoms with Gasteiger partial charge < -0.3 is 10.1 Å². The van der Waals surface area contributed by atoms with Crippen molar-refractivity contribution in [2.24, 2.45) is 5.92 Å². The quantitative estimate of drug-likeness (QED) is 0.715. The van der Waals surface area contributed by atoms with Gasteiger partial charge in [0, 0.05) is 11.6 Å². The third kappa shape index (κ3) is 4.54. The Hall–Kier alpha value is -1.02. The van der Waals surface area contributed by atoms with Crippen LogP contribution in [0.25, 0.3) is 0 Å². The lowest BCUT2D eigenvalue weighted by molar-refractivity contribution is 0.295. The molecular weight excluding hydrogens is 234 g/mol. The molecule has 1 atom stereocenters. The number of nitrogens with one attached hydrogen (secondary N) is 1. The Kier molecular flexibility index (Phi) is 5.71. The highest BCUT2D eigenvalue weighted by Crippen LogP contribution is 2.33. The van der Waals surface area contributed by atoms with Gasteiger partial charge in [0.15, 0.2) is 0 Å². The van der Waals surface area contributed by atoms with Crippen LogP contribution in [0.2, 0.25) is 0 Å². The SMILES string of the molecule is CCCNC(CC)c1ccccc1OCCC1CC1. The van der Waals surface area contributed by atoms with E-state index in [1.54, 1.807) is 0 Å². The smallest absolute Gasteiger partial charge is 0.124 e. The first kappa shape index (κ1) is 14.4. The molecule has 0 radical (unpaired) electrons. The number of ether oxygens (including phenoxy) is 1. The van der Waals surface area contributed by atoms with Gasteiger partial charge in [-0.1, -0.05) is 44.9 Å². The summed E-state index contributed by atoms with van der Waals surface area (Å²) < 4.78 is 6.01. The van der Waals surface area contributed by atoms with Crippen molar-refractivity contribution in [2.45, 2.75) is 52.0 Å². The fourth-order valence-corrected chi connectivity index (χ4v) is 2.43. The molecule has 1 aromatic rings. The van der Waals surface area contributed by atoms with E-state index in [0.717, 1.165) is 31.2 Å². The van der Waals surface area contributed by atoms with Crippen LogP contribution >= 0.6 is 0 Å². The van der Waals surface area contributed by atoms with Crippen molar-refractivity contribution in [1.29, 1.82) is 0 Å². The predicted octanol–water partition coefficient (Wildman–Crippen LogP) is 4.32. The van der Waals surface area contributed by atoms with Gasteiger partial charge in [0.1, 0.15) is 5.75 Å². The molecule has 1 saturated carbocycles. The van der Waals surface area contributed by atoms with E-state index in [4.69, 9.17) is 4.74 Å². The van der Waals surface area contributed by atoms with Crippen LogP contribution in [0, 0.1) is 5.92 Å². The summed E-state index contributed by atoms with van der Waals surface area (Å²) in [6.45, 7) is 6.37. The molecule has 0 bridgehead atoms. The second-order valence-corrected chi connectivity index (χ2v) is 5.53. The summed E-state index contributed by atoms with van der Waals surface area (Å²) in [5.41, 5.74) is 1.31. The lowest BCUT2D eigenvalue weighted by atomic mass is 10.0. The molecule has 0 spiro atoms. The van der Waals surface area contributed by atoms with Gasteiger partial charge in [0.05, 0.1) is 6.61 Å². The van der Waals surface area contributed by atoms with Crippen LogP contribution in [0.15, 0.2) is 24.3 Å². The van der Waals surface area contributed by atoms with E-state index in [1.165, 1.54) is 31.2 Å². The minimum atomic E-state index is 0.414. The van der Waals surface area contributed by atoms with Gasteiger partial charge in [0.25, 0.3) is 0 Å². The summed E-state index contributed by atoms with van der Waals surface area (Å²) in [5.74, 6) is 2.01. The molecule has 1 fully saturated rings. The summed E-state index contributed by atoms with van der Waals surface area (Å²) in [5, 5.41) is 3.61. The van der Waals surface area contributed by atoms with Crippen molar-refractivity contribution in [3.05, 3.63) is 29.8 Å². The van der Waals surface area contributed by atoms with Gasteiger partial charge in [-0.2, -0.15) is 0 Å². The average Bonchev–Trinajstić information content (AvgIpc) is 3.25. The summed E-state index contributed by atoms with van der Waals surface area (Å²) in [6, 6.07) is 8.90. The van der Waals surface area contributed by atoms with E-state index < -0.39 is 0 Å². The van der Waals surface area contributed by atoms with Crippen molar-refractivity contribution >= 4 is 0 Å². The molecule has 2 heteroatoms. The van der Waals surface area contributed by atoms with Crippen molar-refractivity contribution in [3.63, 3.8) is 0 Å². The molecular formula is C17H27NO. The maximum absolute atomic E-state index is 6.01. The normalized spacial score (nSPS) is 16.3. The molecule has 0 heterocycles. The standard InChI is InChI=1S/C17H27NO/c1-3-12-18-16(4-2)15-7-5-6-8-17(15)19-13-11-14-9-10-14/h5-8,14,16,18H,3-4,9-13H2,1-2H3. The Morgan fingerprint density at radius 3 is 2.74 bits per heavy atom. The molecule has 2 rings (SSSR count). The minimum absolute atomic E-state index is 0.414. The van der Waals surface area contributed by atoms with Gasteiger partial charge in [-0.25, -0.2) is 0 Å². The zero-order chi connectivity index (χ0) is 13.5. The number of benzene rings is 1. The largest absolute Gasteiger partial charge is 0.493 e. The highest BCUT2D eigenvalue weighted by Gasteiger charge is 2.21. The molecule has 1 N–H and O–H groups in total. The molecule has 0 aromatic heterocycles. The Bertz CT molecular complexity index is 373. The minimum Gasteiger partial charge on any atom is -0.493 e. The second kappa shape index (κ2) is 7.54. The number of hydrogen-bond donors (Lipinski definition) is 1. The van der Waals surface area contributed by atoms with Crippen LogP contribution in [0.1, 0.15) is 57.6 Å². The molecule has 2 nitrogen and oxygen atoms in total. The first-order chi connectivity index (χ1) is 9.35. The van der Waals surface area contributed by atoms with E-state index in [9.17, 15) is 0 Å². The zero-order valence-electron chi connectivity index (χ0n) is 12.3. The monoisotopic (exact) mass is 261 g/mol. The average molecular weight is 261 g/mol. The van der Waals surface area contributed by atoms with Crippen LogP contribution in [0.3, 0.4) is 0 Å². The van der Waals surface area contributed by atoms with Crippen molar-refractivity contribution in [2.75, 3.05) is 13.2 Å². The Morgan fingerprint density at radius 1 is 1.26 bits per heavy atom. The highest BCUT2D eigenvalue weighted by molar-refractivity contribution is 5.35. The van der Waals surface area contributed by atoms with Gasteiger partial charge >= 0.3 is 0 Å². The number of rotatable bonds is 9. The van der Waals surface area contributed by atoms with Gasteiger partial charge in [-0.15, -0.1) is 0 Å². The molecule has 1 aliphatic rings. The van der Waals surface area contributed by atoms with E-state index >= 15 is 0 Å². The van der Waals surface area contributed by atoms with Gasteiger partial charge in [0.2, 0.25) is 0 Å². The number of hydrogen-bond acceptors (Lipinski definition) is 2. The Morgan fingerprint density at radius 2 is 2.05 bits per heavy atom. The summed E-state index contributed by atoms with van der Waals surface area (Å²) in [4.78, 5) is 0. The first-order valence-electron chi connectivity index (χ1n) is 7.80. The Balaban J connectivity index is 1.95. The third-order valence-corrected chi connectivity index (χ3v) is 3.82. The van der Waals surface area contributed by atoms with Crippen LogP contribution in [0.5, 0.6) is 5.75 Å². The topological polar surface area (TPSA) is 21.3 Å². The van der Waals surface area contributed by atoms with Crippen molar-refractivity contribution in [3.8, 4) is 5.75 Å². The summed E-state index contributed by atoms with van der Waals surface area (Å²) in [6.07, 6.45) is 6.29. The van der Waals surface area contributed by atoms with E-state index in [1.807, 2.05) is 0 Å². The molecule has 1 unspecified atom stereocenters. The van der Waals surface area contributed by atoms with E-state index in [0.29, 0.717) is 6.04 Å². The fraction of sp³-hybridized carbons (Fsp3) is 0.647. The summed E-state index contributed by atoms with van der Waals surface area (Å²) in [7, 11) is 0. The molecule has 1 aliphatic carbocycles. The maximum atomic E-state index is 6.01. The van der Waals surface area contributed by atoms with Gasteiger partial charge in [-0.3, -0.25) is 0 Å². The van der Waals surface area contributed by atoms with Crippen LogP contribution < -0.4 is 10.1 Å². The van der Waals surface area contributed by atoms with E-state index in [2.05, 4.69) is 43.4 Å². The summed E-state index contributed by atoms with van der Waals surface area (Å²) >= 11 is 0. The lowest BCUT2D eigenvalue weighted by Gasteiger charge is -2.20. The highest BCUT2D eigenvalue weighted by atomic mass is 16.5. The van der Waals surface area contributed by atoms with Crippen LogP contribution in [-0.4, -0.2) is 13.2 Å². The van der Waals surface area contributed by atoms with Crippen molar-refractivity contribution < 1.29 is 4.74 Å². The lowest BCUT2D eigenvalue weighted by Crippen LogP contribution is -2.22. The predicted molar refractivity (Wildman–Crippen MR) is 80.6 cm³/mol. The zero-order valence-corrected chi connectivity index (χ0v) is 12.3. The molecule has 19 heavy (non-hydrogen) atoms. The van der Waals surface area contributed by atoms with E-state index in [-0.39, 0.29) is 0 Å². The second-order valence-electron chi connectivity index (χ2n) is 5.53. The number of para-hydroxylation sites is 1. The van der Waals surface area contributed by atoms with Gasteiger partial charge in [-0.05, 0) is 37.8 Å². The molecule has 0 amide bonds. The third-order valence-electron chi connectivity index (χ3n) is 3.82.